The van der Waals surface area contributed by atoms with Gasteiger partial charge in [-0.1, -0.05) is 24.3 Å². The minimum Gasteiger partial charge on any atom is -0.369 e. The first-order valence-corrected chi connectivity index (χ1v) is 11.6. The Kier molecular flexibility index (Phi) is 6.12. The van der Waals surface area contributed by atoms with E-state index in [1.807, 2.05) is 6.07 Å². The highest BCUT2D eigenvalue weighted by Crippen LogP contribution is 2.30. The molecule has 2 aromatic rings. The number of imide groups is 2. The predicted molar refractivity (Wildman–Crippen MR) is 125 cm³/mol. The number of carbonyl (C=O) groups is 4. The number of nitrogens with one attached hydrogen (secondary N) is 3. The number of carbonyl (C=O) groups excluding carboxylic acids is 4. The number of nitrogens with zero attached hydrogens (tertiary/aromatic N) is 2. The molecule has 9 nitrogen and oxygen atoms in total. The van der Waals surface area contributed by atoms with Gasteiger partial charge in [-0.05, 0) is 35.7 Å². The fraction of sp³-hybridized carbons (Fsp3) is 0.360. The Bertz CT molecular complexity index is 1140. The third kappa shape index (κ3) is 4.20. The van der Waals surface area contributed by atoms with Crippen molar-refractivity contribution in [3.8, 4) is 0 Å². The van der Waals surface area contributed by atoms with Crippen molar-refractivity contribution in [3.63, 3.8) is 0 Å². The largest absolute Gasteiger partial charge is 0.369 e. The number of hydrogen-bond acceptors (Lipinski definition) is 7. The predicted octanol–water partition coefficient (Wildman–Crippen LogP) is 0.787. The highest BCUT2D eigenvalue weighted by molar-refractivity contribution is 6.24. The van der Waals surface area contributed by atoms with Crippen molar-refractivity contribution in [3.05, 3.63) is 64.7 Å². The van der Waals surface area contributed by atoms with Crippen molar-refractivity contribution in [1.82, 2.24) is 20.9 Å². The third-order valence-electron chi connectivity index (χ3n) is 6.62. The van der Waals surface area contributed by atoms with Crippen molar-refractivity contribution >= 4 is 29.3 Å². The molecule has 1 unspecified atom stereocenters. The van der Waals surface area contributed by atoms with Gasteiger partial charge in [0, 0.05) is 51.4 Å². The quantitative estimate of drug-likeness (QED) is 0.546. The molecule has 0 spiro atoms. The number of rotatable bonds is 6. The molecule has 0 radical (unpaired) electrons. The molecule has 1 atom stereocenters. The Hall–Kier alpha value is -3.56. The van der Waals surface area contributed by atoms with Crippen molar-refractivity contribution in [2.45, 2.75) is 32.0 Å². The van der Waals surface area contributed by atoms with Gasteiger partial charge in [-0.2, -0.15) is 0 Å². The molecule has 5 rings (SSSR count). The van der Waals surface area contributed by atoms with Crippen LogP contribution < -0.4 is 20.9 Å². The Morgan fingerprint density at radius 3 is 2.41 bits per heavy atom. The van der Waals surface area contributed by atoms with Crippen LogP contribution >= 0.6 is 0 Å². The summed E-state index contributed by atoms with van der Waals surface area (Å²) in [7, 11) is 0. The molecule has 4 amide bonds. The molecule has 0 bridgehead atoms. The Labute approximate surface area is 197 Å². The highest BCUT2D eigenvalue weighted by Gasteiger charge is 2.45. The smallest absolute Gasteiger partial charge is 0.262 e. The Morgan fingerprint density at radius 1 is 0.912 bits per heavy atom. The number of benzene rings is 2. The van der Waals surface area contributed by atoms with Crippen molar-refractivity contribution in [2.75, 3.05) is 31.1 Å². The SMILES string of the molecule is O=C1CCC(N2C(=O)c3cccc(CNCc4ccc(N5CCNCC5)cc4)c3C2=O)C(=O)N1. The van der Waals surface area contributed by atoms with Crippen LogP contribution in [0.4, 0.5) is 5.69 Å². The molecule has 2 saturated heterocycles. The zero-order chi connectivity index (χ0) is 23.7. The Morgan fingerprint density at radius 2 is 1.68 bits per heavy atom. The van der Waals surface area contributed by atoms with E-state index in [-0.39, 0.29) is 18.7 Å². The van der Waals surface area contributed by atoms with Crippen LogP contribution in [0, 0.1) is 0 Å². The van der Waals surface area contributed by atoms with E-state index < -0.39 is 23.8 Å². The van der Waals surface area contributed by atoms with Crippen LogP contribution in [0.5, 0.6) is 0 Å². The molecule has 3 N–H and O–H groups in total. The number of fused-ring (bicyclic) bond motifs is 1. The van der Waals surface area contributed by atoms with Gasteiger partial charge < -0.3 is 15.5 Å². The number of piperidine rings is 1. The average Bonchev–Trinajstić information content (AvgIpc) is 3.11. The van der Waals surface area contributed by atoms with Crippen LogP contribution in [-0.4, -0.2) is 60.7 Å². The molecule has 2 fully saturated rings. The van der Waals surface area contributed by atoms with Crippen molar-refractivity contribution < 1.29 is 19.2 Å². The fourth-order valence-corrected chi connectivity index (χ4v) is 4.82. The maximum Gasteiger partial charge on any atom is 0.262 e. The number of piperazine rings is 1. The van der Waals surface area contributed by atoms with Gasteiger partial charge >= 0.3 is 0 Å². The minimum absolute atomic E-state index is 0.103. The summed E-state index contributed by atoms with van der Waals surface area (Å²) in [5.41, 5.74) is 3.68. The summed E-state index contributed by atoms with van der Waals surface area (Å²) in [4.78, 5) is 53.2. The van der Waals surface area contributed by atoms with Crippen LogP contribution in [0.15, 0.2) is 42.5 Å². The zero-order valence-electron chi connectivity index (χ0n) is 18.8. The molecule has 2 aromatic carbocycles. The summed E-state index contributed by atoms with van der Waals surface area (Å²) >= 11 is 0. The topological polar surface area (TPSA) is 111 Å². The average molecular weight is 462 g/mol. The second-order valence-corrected chi connectivity index (χ2v) is 8.79. The molecule has 176 valence electrons. The van der Waals surface area contributed by atoms with Gasteiger partial charge in [-0.15, -0.1) is 0 Å². The van der Waals surface area contributed by atoms with Gasteiger partial charge in [0.1, 0.15) is 6.04 Å². The lowest BCUT2D eigenvalue weighted by Crippen LogP contribution is -2.54. The van der Waals surface area contributed by atoms with Crippen LogP contribution in [0.2, 0.25) is 0 Å². The molecular formula is C25H27N5O4. The van der Waals surface area contributed by atoms with E-state index in [2.05, 4.69) is 45.1 Å². The van der Waals surface area contributed by atoms with Gasteiger partial charge in [-0.3, -0.25) is 29.4 Å². The molecule has 0 aliphatic carbocycles. The molecular weight excluding hydrogens is 434 g/mol. The van der Waals surface area contributed by atoms with Crippen LogP contribution in [0.1, 0.15) is 44.7 Å². The van der Waals surface area contributed by atoms with Crippen LogP contribution in [0.25, 0.3) is 0 Å². The molecule has 0 aromatic heterocycles. The highest BCUT2D eigenvalue weighted by atomic mass is 16.2. The molecule has 34 heavy (non-hydrogen) atoms. The summed E-state index contributed by atoms with van der Waals surface area (Å²) in [5, 5.41) is 8.94. The van der Waals surface area contributed by atoms with Gasteiger partial charge in [0.15, 0.2) is 0 Å². The third-order valence-corrected chi connectivity index (χ3v) is 6.62. The molecule has 3 aliphatic rings. The summed E-state index contributed by atoms with van der Waals surface area (Å²) in [6.07, 6.45) is 0.249. The first-order chi connectivity index (χ1) is 16.5. The number of hydrogen-bond donors (Lipinski definition) is 3. The van der Waals surface area contributed by atoms with E-state index in [1.54, 1.807) is 12.1 Å². The van der Waals surface area contributed by atoms with E-state index in [1.165, 1.54) is 5.69 Å². The minimum atomic E-state index is -0.958. The van der Waals surface area contributed by atoms with Crippen LogP contribution in [-0.2, 0) is 22.7 Å². The summed E-state index contributed by atoms with van der Waals surface area (Å²) < 4.78 is 0. The first kappa shape index (κ1) is 22.2. The summed E-state index contributed by atoms with van der Waals surface area (Å²) in [6, 6.07) is 12.7. The normalized spacial score (nSPS) is 20.5. The van der Waals surface area contributed by atoms with E-state index >= 15 is 0 Å². The monoisotopic (exact) mass is 461 g/mol. The van der Waals surface area contributed by atoms with E-state index in [0.29, 0.717) is 29.8 Å². The van der Waals surface area contributed by atoms with Gasteiger partial charge in [-0.25, -0.2) is 0 Å². The van der Waals surface area contributed by atoms with Gasteiger partial charge in [0.25, 0.3) is 11.8 Å². The van der Waals surface area contributed by atoms with E-state index in [9.17, 15) is 19.2 Å². The molecule has 3 heterocycles. The number of amides is 4. The lowest BCUT2D eigenvalue weighted by Gasteiger charge is -2.29. The van der Waals surface area contributed by atoms with Gasteiger partial charge in [0.05, 0.1) is 11.1 Å². The second-order valence-electron chi connectivity index (χ2n) is 8.79. The fourth-order valence-electron chi connectivity index (χ4n) is 4.82. The van der Waals surface area contributed by atoms with E-state index in [0.717, 1.165) is 36.6 Å². The summed E-state index contributed by atoms with van der Waals surface area (Å²) in [5.74, 6) is -1.95. The van der Waals surface area contributed by atoms with Crippen LogP contribution in [0.3, 0.4) is 0 Å². The maximum atomic E-state index is 13.2. The molecule has 3 aliphatic heterocycles. The number of anilines is 1. The summed E-state index contributed by atoms with van der Waals surface area (Å²) in [6.45, 7) is 5.01. The van der Waals surface area contributed by atoms with Crippen molar-refractivity contribution in [1.29, 1.82) is 0 Å². The lowest BCUT2D eigenvalue weighted by atomic mass is 10.0. The lowest BCUT2D eigenvalue weighted by molar-refractivity contribution is -0.136. The second kappa shape index (κ2) is 9.36. The maximum absolute atomic E-state index is 13.2. The first-order valence-electron chi connectivity index (χ1n) is 11.6. The molecule has 9 heteroatoms. The molecule has 0 saturated carbocycles. The van der Waals surface area contributed by atoms with Crippen molar-refractivity contribution in [2.24, 2.45) is 0 Å². The van der Waals surface area contributed by atoms with E-state index in [4.69, 9.17) is 0 Å². The Balaban J connectivity index is 1.25. The zero-order valence-corrected chi connectivity index (χ0v) is 18.8. The van der Waals surface area contributed by atoms with Gasteiger partial charge in [0.2, 0.25) is 11.8 Å². The standard InChI is InChI=1S/C25H27N5O4/c31-21-9-8-20(23(32)28-21)30-24(33)19-3-1-2-17(22(19)25(30)34)15-27-14-16-4-6-18(7-5-16)29-12-10-26-11-13-29/h1-7,20,26-27H,8-15H2,(H,28,31,32).